The average molecular weight is 284 g/mol. The van der Waals surface area contributed by atoms with Crippen LogP contribution >= 0.6 is 0 Å². The van der Waals surface area contributed by atoms with Crippen molar-refractivity contribution < 1.29 is 9.90 Å². The molecular weight excluding hydrogens is 252 g/mol. The van der Waals surface area contributed by atoms with Crippen molar-refractivity contribution in [3.63, 3.8) is 0 Å². The highest BCUT2D eigenvalue weighted by Gasteiger charge is 2.33. The van der Waals surface area contributed by atoms with Gasteiger partial charge in [-0.2, -0.15) is 0 Å². The molecule has 1 rings (SSSR count). The van der Waals surface area contributed by atoms with E-state index >= 15 is 0 Å². The van der Waals surface area contributed by atoms with E-state index < -0.39 is 0 Å². The van der Waals surface area contributed by atoms with Crippen molar-refractivity contribution in [2.75, 3.05) is 19.7 Å². The van der Waals surface area contributed by atoms with Crippen LogP contribution < -0.4 is 11.1 Å². The van der Waals surface area contributed by atoms with Crippen molar-refractivity contribution in [3.05, 3.63) is 0 Å². The van der Waals surface area contributed by atoms with Crippen LogP contribution in [0.1, 0.15) is 64.7 Å². The second-order valence-electron chi connectivity index (χ2n) is 6.41. The van der Waals surface area contributed by atoms with Crippen LogP contribution in [0.4, 0.5) is 0 Å². The van der Waals surface area contributed by atoms with Crippen molar-refractivity contribution in [2.45, 2.75) is 64.7 Å². The van der Waals surface area contributed by atoms with Crippen LogP contribution in [-0.4, -0.2) is 30.7 Å². The van der Waals surface area contributed by atoms with Crippen LogP contribution in [0, 0.1) is 11.3 Å². The molecule has 1 unspecified atom stereocenters. The maximum atomic E-state index is 11.9. The van der Waals surface area contributed by atoms with Gasteiger partial charge in [-0.25, -0.2) is 0 Å². The standard InChI is InChI=1S/C16H32N2O2/c1-2-5-14(8-11-17)6-7-15(20)18-12-16(13-19)9-3-4-10-16/h14,19H,2-13,17H2,1H3,(H,18,20). The van der Waals surface area contributed by atoms with E-state index in [2.05, 4.69) is 12.2 Å². The van der Waals surface area contributed by atoms with Crippen LogP contribution in [0.2, 0.25) is 0 Å². The molecule has 0 aromatic carbocycles. The Kier molecular flexibility index (Phi) is 8.15. The van der Waals surface area contributed by atoms with Crippen molar-refractivity contribution >= 4 is 5.91 Å². The van der Waals surface area contributed by atoms with E-state index in [-0.39, 0.29) is 17.9 Å². The molecule has 4 nitrogen and oxygen atoms in total. The van der Waals surface area contributed by atoms with E-state index in [4.69, 9.17) is 5.73 Å². The lowest BCUT2D eigenvalue weighted by Gasteiger charge is -2.26. The summed E-state index contributed by atoms with van der Waals surface area (Å²) in [4.78, 5) is 11.9. The highest BCUT2D eigenvalue weighted by Crippen LogP contribution is 2.36. The number of amides is 1. The van der Waals surface area contributed by atoms with Gasteiger partial charge in [0, 0.05) is 18.4 Å². The first-order chi connectivity index (χ1) is 9.65. The molecular formula is C16H32N2O2. The fraction of sp³-hybridized carbons (Fsp3) is 0.938. The van der Waals surface area contributed by atoms with E-state index in [9.17, 15) is 9.90 Å². The number of hydrogen-bond donors (Lipinski definition) is 3. The van der Waals surface area contributed by atoms with Gasteiger partial charge in [0.1, 0.15) is 0 Å². The summed E-state index contributed by atoms with van der Waals surface area (Å²) in [5.74, 6) is 0.705. The SMILES string of the molecule is CCCC(CCN)CCC(=O)NCC1(CO)CCCC1. The maximum absolute atomic E-state index is 11.9. The Morgan fingerprint density at radius 1 is 1.30 bits per heavy atom. The maximum Gasteiger partial charge on any atom is 0.220 e. The minimum Gasteiger partial charge on any atom is -0.396 e. The zero-order chi connectivity index (χ0) is 14.8. The van der Waals surface area contributed by atoms with Gasteiger partial charge in [0.05, 0.1) is 6.61 Å². The number of rotatable bonds is 10. The fourth-order valence-corrected chi connectivity index (χ4v) is 3.30. The summed E-state index contributed by atoms with van der Waals surface area (Å²) < 4.78 is 0. The van der Waals surface area contributed by atoms with Crippen molar-refractivity contribution in [1.82, 2.24) is 5.32 Å². The van der Waals surface area contributed by atoms with Gasteiger partial charge in [-0.3, -0.25) is 4.79 Å². The monoisotopic (exact) mass is 284 g/mol. The third kappa shape index (κ3) is 5.80. The lowest BCUT2D eigenvalue weighted by molar-refractivity contribution is -0.122. The fourth-order valence-electron chi connectivity index (χ4n) is 3.30. The van der Waals surface area contributed by atoms with E-state index in [0.29, 0.717) is 25.4 Å². The third-order valence-corrected chi connectivity index (χ3v) is 4.71. The summed E-state index contributed by atoms with van der Waals surface area (Å²) in [7, 11) is 0. The first kappa shape index (κ1) is 17.4. The molecule has 1 saturated carbocycles. The number of carbonyl (C=O) groups is 1. The molecule has 0 radical (unpaired) electrons. The number of nitrogens with one attached hydrogen (secondary N) is 1. The molecule has 0 spiro atoms. The Balaban J connectivity index is 2.25. The first-order valence-electron chi connectivity index (χ1n) is 8.23. The summed E-state index contributed by atoms with van der Waals surface area (Å²) >= 11 is 0. The summed E-state index contributed by atoms with van der Waals surface area (Å²) in [6, 6.07) is 0. The van der Waals surface area contributed by atoms with Crippen molar-refractivity contribution in [2.24, 2.45) is 17.1 Å². The molecule has 1 fully saturated rings. The van der Waals surface area contributed by atoms with Crippen LogP contribution in [0.5, 0.6) is 0 Å². The predicted octanol–water partition coefficient (Wildman–Crippen LogP) is 2.20. The lowest BCUT2D eigenvalue weighted by atomic mass is 9.87. The molecule has 0 aliphatic heterocycles. The smallest absolute Gasteiger partial charge is 0.220 e. The topological polar surface area (TPSA) is 75.4 Å². The zero-order valence-electron chi connectivity index (χ0n) is 13.0. The van der Waals surface area contributed by atoms with Gasteiger partial charge in [-0.05, 0) is 38.1 Å². The van der Waals surface area contributed by atoms with Crippen LogP contribution in [0.25, 0.3) is 0 Å². The van der Waals surface area contributed by atoms with E-state index in [1.165, 1.54) is 12.8 Å². The quantitative estimate of drug-likeness (QED) is 0.575. The summed E-state index contributed by atoms with van der Waals surface area (Å²) in [6.45, 7) is 3.71. The molecule has 1 atom stereocenters. The van der Waals surface area contributed by atoms with Gasteiger partial charge in [0.2, 0.25) is 5.91 Å². The Hall–Kier alpha value is -0.610. The minimum atomic E-state index is -0.0459. The Labute approximate surface area is 123 Å². The molecule has 0 bridgehead atoms. The number of aliphatic hydroxyl groups excluding tert-OH is 1. The van der Waals surface area contributed by atoms with Gasteiger partial charge in [0.25, 0.3) is 0 Å². The van der Waals surface area contributed by atoms with Gasteiger partial charge < -0.3 is 16.2 Å². The number of hydrogen-bond acceptors (Lipinski definition) is 3. The van der Waals surface area contributed by atoms with Gasteiger partial charge >= 0.3 is 0 Å². The molecule has 20 heavy (non-hydrogen) atoms. The molecule has 0 aromatic rings. The van der Waals surface area contributed by atoms with Gasteiger partial charge in [-0.15, -0.1) is 0 Å². The first-order valence-corrected chi connectivity index (χ1v) is 8.23. The molecule has 1 aliphatic carbocycles. The average Bonchev–Trinajstić information content (AvgIpc) is 2.92. The Morgan fingerprint density at radius 2 is 2.00 bits per heavy atom. The molecule has 1 amide bonds. The third-order valence-electron chi connectivity index (χ3n) is 4.71. The lowest BCUT2D eigenvalue weighted by Crippen LogP contribution is -2.38. The normalized spacial score (nSPS) is 18.9. The van der Waals surface area contributed by atoms with E-state index in [1.807, 2.05) is 0 Å². The molecule has 0 heterocycles. The summed E-state index contributed by atoms with van der Waals surface area (Å²) in [5.41, 5.74) is 5.57. The number of nitrogens with two attached hydrogens (primary N) is 1. The van der Waals surface area contributed by atoms with Crippen molar-refractivity contribution in [1.29, 1.82) is 0 Å². The van der Waals surface area contributed by atoms with E-state index in [0.717, 1.165) is 38.5 Å². The second-order valence-corrected chi connectivity index (χ2v) is 6.41. The van der Waals surface area contributed by atoms with Crippen LogP contribution in [0.3, 0.4) is 0 Å². The molecule has 118 valence electrons. The molecule has 1 aliphatic rings. The highest BCUT2D eigenvalue weighted by atomic mass is 16.3. The zero-order valence-corrected chi connectivity index (χ0v) is 13.0. The summed E-state index contributed by atoms with van der Waals surface area (Å²) in [5, 5.41) is 12.5. The highest BCUT2D eigenvalue weighted by molar-refractivity contribution is 5.75. The second kappa shape index (κ2) is 9.35. The molecule has 0 aromatic heterocycles. The molecule has 0 saturated heterocycles. The van der Waals surface area contributed by atoms with Crippen molar-refractivity contribution in [3.8, 4) is 0 Å². The van der Waals surface area contributed by atoms with Gasteiger partial charge in [0.15, 0.2) is 0 Å². The van der Waals surface area contributed by atoms with E-state index in [1.54, 1.807) is 0 Å². The molecule has 4 N–H and O–H groups in total. The Bertz CT molecular complexity index is 270. The number of carbonyl (C=O) groups excluding carboxylic acids is 1. The summed E-state index contributed by atoms with van der Waals surface area (Å²) in [6.07, 6.45) is 9.27. The largest absolute Gasteiger partial charge is 0.396 e. The number of aliphatic hydroxyl groups is 1. The Morgan fingerprint density at radius 3 is 2.55 bits per heavy atom. The predicted molar refractivity (Wildman–Crippen MR) is 82.3 cm³/mol. The van der Waals surface area contributed by atoms with Crippen LogP contribution in [0.15, 0.2) is 0 Å². The van der Waals surface area contributed by atoms with Crippen LogP contribution in [-0.2, 0) is 4.79 Å². The van der Waals surface area contributed by atoms with Gasteiger partial charge in [-0.1, -0.05) is 32.6 Å². The molecule has 4 heteroatoms. The minimum absolute atomic E-state index is 0.0459.